The third kappa shape index (κ3) is 64.7. The highest BCUT2D eigenvalue weighted by Crippen LogP contribution is 2.32. The Bertz CT molecular complexity index is 1350. The van der Waals surface area contributed by atoms with E-state index in [1.54, 1.807) is 0 Å². The van der Waals surface area contributed by atoms with Crippen LogP contribution in [-0.2, 0) is 33.4 Å². The Hall–Kier alpha value is -2.74. The van der Waals surface area contributed by atoms with Crippen LogP contribution in [0.15, 0.2) is 37.3 Å². The van der Waals surface area contributed by atoms with Gasteiger partial charge in [-0.15, -0.1) is 6.58 Å². The lowest BCUT2D eigenvalue weighted by atomic mass is 9.85. The van der Waals surface area contributed by atoms with E-state index >= 15 is 0 Å². The van der Waals surface area contributed by atoms with Gasteiger partial charge in [0.2, 0.25) is 0 Å². The first kappa shape index (κ1) is 84.7. The van der Waals surface area contributed by atoms with Crippen LogP contribution >= 0.6 is 0 Å². The van der Waals surface area contributed by atoms with Crippen molar-refractivity contribution in [3.63, 3.8) is 0 Å². The molecule has 2 unspecified atom stereocenters. The largest absolute Gasteiger partial charge is 0.499 e. The predicted octanol–water partition coefficient (Wildman–Crippen LogP) is 22.7. The number of carbonyl (C=O) groups excluding carboxylic acids is 4. The number of Topliss-reactive ketones (excluding diaryl/α,β-unsaturated/α-hetero) is 3. The number of allylic oxidation sites excluding steroid dienone is 3. The molecule has 0 bridgehead atoms. The Morgan fingerprint density at radius 1 is 0.481 bits per heavy atom. The second-order valence-electron chi connectivity index (χ2n) is 23.8. The van der Waals surface area contributed by atoms with Crippen molar-refractivity contribution in [2.24, 2.45) is 23.7 Å². The molecule has 81 heavy (non-hydrogen) atoms. The number of aliphatic hydroxyl groups is 1. The van der Waals surface area contributed by atoms with Crippen molar-refractivity contribution in [2.75, 3.05) is 20.3 Å². The van der Waals surface area contributed by atoms with Gasteiger partial charge in [-0.2, -0.15) is 0 Å². The molecule has 0 aromatic heterocycles. The number of rotatable bonds is 46. The second-order valence-corrected chi connectivity index (χ2v) is 23.8. The molecule has 0 aromatic carbocycles. The summed E-state index contributed by atoms with van der Waals surface area (Å²) in [7, 11) is 1.00. The minimum atomic E-state index is -0.134. The normalized spacial score (nSPS) is 15.5. The zero-order valence-corrected chi connectivity index (χ0v) is 56.1. The smallest absolute Gasteiger partial charge is 0.306 e. The minimum Gasteiger partial charge on any atom is -0.499 e. The highest BCUT2D eigenvalue weighted by atomic mass is 16.5. The standard InChI is InChI=1S/C34H60O4.C19H34O3.C9H20.C8H16.C2H6.CH4O/c1-6-9-11-13-15-17-24-36-29(4)26-32(28-34(35)37-25-18-16-14-12-10-7-2)27-30(5)38-33-22-20-31(19-8-3)21-23-33;1-4-6-7-8-9-10-11-12-19(22)15-17(13-16(3)20)14-18(21)5-2;1-3-5-7-9-8-6-4-2;1-8-6-4-2-3-5-7-8;2*1-2/h8,31-33H,3-7,9-28H2,1-2H3;17H,4-15H2,1-3H3;3-9H2,1-2H3;8H,2-7H2,1H3;1-2H3;2H,1H3. The average Bonchev–Trinajstić information content (AvgIpc) is 3.71. The van der Waals surface area contributed by atoms with E-state index in [2.05, 4.69) is 61.3 Å². The molecular formula is C73H140O8. The van der Waals surface area contributed by atoms with Crippen LogP contribution in [0.1, 0.15) is 358 Å². The molecule has 0 radical (unpaired) electrons. The molecule has 2 rings (SSSR count). The third-order valence-corrected chi connectivity index (χ3v) is 15.6. The first-order valence-electron chi connectivity index (χ1n) is 34.7. The van der Waals surface area contributed by atoms with Gasteiger partial charge < -0.3 is 24.1 Å². The molecule has 2 aliphatic carbocycles. The molecule has 480 valence electrons. The molecule has 0 amide bonds. The number of esters is 1. The summed E-state index contributed by atoms with van der Waals surface area (Å²) in [5, 5.41) is 7.00. The molecule has 8 heteroatoms. The highest BCUT2D eigenvalue weighted by molar-refractivity contribution is 5.83. The molecule has 2 aliphatic rings. The molecule has 0 heterocycles. The number of carbonyl (C=O) groups is 4. The van der Waals surface area contributed by atoms with Crippen LogP contribution in [0.2, 0.25) is 0 Å². The van der Waals surface area contributed by atoms with Crippen LogP contribution in [0.3, 0.4) is 0 Å². The maximum Gasteiger partial charge on any atom is 0.306 e. The van der Waals surface area contributed by atoms with Gasteiger partial charge in [-0.25, -0.2) is 0 Å². The predicted molar refractivity (Wildman–Crippen MR) is 352 cm³/mol. The van der Waals surface area contributed by atoms with E-state index in [1.165, 1.54) is 193 Å². The summed E-state index contributed by atoms with van der Waals surface area (Å²) in [5.74, 6) is 3.54. The van der Waals surface area contributed by atoms with Crippen LogP contribution in [-0.4, -0.2) is 54.9 Å². The molecule has 2 atom stereocenters. The summed E-state index contributed by atoms with van der Waals surface area (Å²) in [6.45, 7) is 34.4. The number of hydrogen-bond acceptors (Lipinski definition) is 8. The molecule has 2 fully saturated rings. The van der Waals surface area contributed by atoms with Crippen LogP contribution in [0.5, 0.6) is 0 Å². The van der Waals surface area contributed by atoms with E-state index < -0.39 is 0 Å². The summed E-state index contributed by atoms with van der Waals surface area (Å²) in [6, 6.07) is 0. The number of aliphatic hydroxyl groups excluding tert-OH is 1. The van der Waals surface area contributed by atoms with Crippen molar-refractivity contribution >= 4 is 23.3 Å². The van der Waals surface area contributed by atoms with Gasteiger partial charge >= 0.3 is 5.97 Å². The maximum atomic E-state index is 12.7. The van der Waals surface area contributed by atoms with Gasteiger partial charge in [0.15, 0.2) is 0 Å². The van der Waals surface area contributed by atoms with Crippen molar-refractivity contribution in [1.29, 1.82) is 0 Å². The Kier molecular flexibility index (Phi) is 71.2. The summed E-state index contributed by atoms with van der Waals surface area (Å²) < 4.78 is 17.8. The van der Waals surface area contributed by atoms with Gasteiger partial charge in [-0.3, -0.25) is 14.4 Å². The van der Waals surface area contributed by atoms with E-state index in [-0.39, 0.29) is 41.3 Å². The van der Waals surface area contributed by atoms with Crippen molar-refractivity contribution in [2.45, 2.75) is 364 Å². The Morgan fingerprint density at radius 2 is 0.877 bits per heavy atom. The topological polar surface area (TPSA) is 116 Å². The fraction of sp³-hybridized carbons (Fsp3) is 0.863. The SMILES string of the molecule is C=CCC1CCC(OC(=C)CC(CC(=C)OCCCCCCCC)CC(=O)OCCCCCCCC)CC1.CC.CC1CCCCCC1.CCCCCCCCC.CCCCCCCCCC(=O)CC(CC(C)=O)CC(=O)CC.CO. The lowest BCUT2D eigenvalue weighted by molar-refractivity contribution is -0.145. The number of ether oxygens (including phenoxy) is 3. The van der Waals surface area contributed by atoms with Gasteiger partial charge in [0.1, 0.15) is 17.3 Å². The van der Waals surface area contributed by atoms with Crippen molar-refractivity contribution in [1.82, 2.24) is 0 Å². The lowest BCUT2D eigenvalue weighted by Gasteiger charge is -2.30. The Morgan fingerprint density at radius 3 is 1.31 bits per heavy atom. The third-order valence-electron chi connectivity index (χ3n) is 15.6. The van der Waals surface area contributed by atoms with E-state index in [0.717, 1.165) is 81.8 Å². The summed E-state index contributed by atoms with van der Waals surface area (Å²) in [5.41, 5.74) is 0. The summed E-state index contributed by atoms with van der Waals surface area (Å²) in [4.78, 5) is 47.5. The van der Waals surface area contributed by atoms with Crippen molar-refractivity contribution in [3.05, 3.63) is 37.3 Å². The zero-order chi connectivity index (χ0) is 61.4. The minimum absolute atomic E-state index is 0.0358. The first-order chi connectivity index (χ1) is 39.3. The van der Waals surface area contributed by atoms with Gasteiger partial charge in [0.05, 0.1) is 30.8 Å². The van der Waals surface area contributed by atoms with E-state index in [9.17, 15) is 19.2 Å². The van der Waals surface area contributed by atoms with Gasteiger partial charge in [0, 0.05) is 58.5 Å². The van der Waals surface area contributed by atoms with E-state index in [0.29, 0.717) is 64.6 Å². The first-order valence-corrected chi connectivity index (χ1v) is 34.7. The fourth-order valence-electron chi connectivity index (χ4n) is 10.7. The molecule has 0 saturated heterocycles. The molecule has 2 saturated carbocycles. The van der Waals surface area contributed by atoms with E-state index in [4.69, 9.17) is 19.3 Å². The van der Waals surface area contributed by atoms with E-state index in [1.807, 2.05) is 26.8 Å². The molecule has 0 aromatic rings. The lowest BCUT2D eigenvalue weighted by Crippen LogP contribution is -2.22. The monoisotopic (exact) mass is 1150 g/mol. The fourth-order valence-corrected chi connectivity index (χ4v) is 10.7. The Labute approximate surface area is 505 Å². The molecule has 0 aliphatic heterocycles. The Balaban J connectivity index is -0.000000572. The van der Waals surface area contributed by atoms with Gasteiger partial charge in [-0.1, -0.05) is 268 Å². The summed E-state index contributed by atoms with van der Waals surface area (Å²) in [6.07, 6.45) is 53.4. The van der Waals surface area contributed by atoms with Gasteiger partial charge in [-0.05, 0) is 82.0 Å². The van der Waals surface area contributed by atoms with Crippen LogP contribution in [0, 0.1) is 23.7 Å². The van der Waals surface area contributed by atoms with Crippen LogP contribution in [0.4, 0.5) is 0 Å². The van der Waals surface area contributed by atoms with Crippen molar-refractivity contribution in [3.8, 4) is 0 Å². The quantitative estimate of drug-likeness (QED) is 0.0211. The second kappa shape index (κ2) is 68.0. The number of unbranched alkanes of at least 4 members (excludes halogenated alkanes) is 22. The highest BCUT2D eigenvalue weighted by Gasteiger charge is 2.25. The number of ketones is 3. The molecule has 0 spiro atoms. The zero-order valence-electron chi connectivity index (χ0n) is 56.1. The maximum absolute atomic E-state index is 12.7. The number of hydrogen-bond donors (Lipinski definition) is 1. The average molecular weight is 1150 g/mol. The van der Waals surface area contributed by atoms with Gasteiger partial charge in [0.25, 0.3) is 0 Å². The molecule has 1 N–H and O–H groups in total. The molecule has 8 nitrogen and oxygen atoms in total. The summed E-state index contributed by atoms with van der Waals surface area (Å²) >= 11 is 0. The molecular weight excluding hydrogens is 1000 g/mol. The van der Waals surface area contributed by atoms with Crippen molar-refractivity contribution < 1.29 is 38.5 Å². The van der Waals surface area contributed by atoms with Crippen LogP contribution < -0.4 is 0 Å². The van der Waals surface area contributed by atoms with Crippen LogP contribution in [0.25, 0.3) is 0 Å².